The van der Waals surface area contributed by atoms with Gasteiger partial charge >= 0.3 is 0 Å². The maximum Gasteiger partial charge on any atom is 0.247 e. The molecule has 3 rings (SSSR count). The van der Waals surface area contributed by atoms with Crippen molar-refractivity contribution in [2.75, 3.05) is 23.3 Å². The van der Waals surface area contributed by atoms with Crippen LogP contribution in [0.5, 0.6) is 0 Å². The maximum absolute atomic E-state index is 12.9. The summed E-state index contributed by atoms with van der Waals surface area (Å²) in [5.74, 6) is 1.25. The molecule has 1 N–H and O–H groups in total. The van der Waals surface area contributed by atoms with Crippen LogP contribution in [-0.4, -0.2) is 34.3 Å². The number of aromatic nitrogens is 3. The van der Waals surface area contributed by atoms with Gasteiger partial charge in [-0.3, -0.25) is 0 Å². The fourth-order valence-electron chi connectivity index (χ4n) is 3.18. The van der Waals surface area contributed by atoms with E-state index in [9.17, 15) is 4.39 Å². The monoisotopic (exact) mass is 329 g/mol. The van der Waals surface area contributed by atoms with Crippen LogP contribution >= 0.6 is 0 Å². The van der Waals surface area contributed by atoms with Crippen LogP contribution in [0.2, 0.25) is 0 Å². The average Bonchev–Trinajstić information content (AvgIpc) is 2.63. The van der Waals surface area contributed by atoms with Crippen LogP contribution in [0.25, 0.3) is 0 Å². The van der Waals surface area contributed by atoms with Gasteiger partial charge in [-0.2, -0.15) is 10.1 Å². The number of piperidine rings is 1. The van der Waals surface area contributed by atoms with Crippen molar-refractivity contribution < 1.29 is 4.39 Å². The molecule has 2 heterocycles. The third-order valence-electron chi connectivity index (χ3n) is 4.54. The van der Waals surface area contributed by atoms with E-state index in [0.717, 1.165) is 37.3 Å². The molecule has 2 aromatic rings. The van der Waals surface area contributed by atoms with E-state index in [4.69, 9.17) is 0 Å². The lowest BCUT2D eigenvalue weighted by Gasteiger charge is -2.34. The van der Waals surface area contributed by atoms with Crippen molar-refractivity contribution in [1.29, 1.82) is 0 Å². The molecule has 0 saturated carbocycles. The van der Waals surface area contributed by atoms with E-state index in [-0.39, 0.29) is 5.82 Å². The van der Waals surface area contributed by atoms with Gasteiger partial charge in [-0.25, -0.2) is 4.39 Å². The Balaban J connectivity index is 1.59. The van der Waals surface area contributed by atoms with Gasteiger partial charge in [0.1, 0.15) is 5.82 Å². The molecular weight excluding hydrogens is 305 g/mol. The van der Waals surface area contributed by atoms with E-state index in [1.54, 1.807) is 18.3 Å². The molecule has 0 amide bonds. The average molecular weight is 329 g/mol. The van der Waals surface area contributed by atoms with Gasteiger partial charge in [0.05, 0.1) is 6.20 Å². The second-order valence-electron chi connectivity index (χ2n) is 6.20. The van der Waals surface area contributed by atoms with Crippen molar-refractivity contribution in [2.45, 2.75) is 45.1 Å². The molecule has 1 aliphatic heterocycles. The summed E-state index contributed by atoms with van der Waals surface area (Å²) >= 11 is 0. The first kappa shape index (κ1) is 16.6. The van der Waals surface area contributed by atoms with Gasteiger partial charge < -0.3 is 10.2 Å². The van der Waals surface area contributed by atoms with Crippen LogP contribution in [-0.2, 0) is 6.42 Å². The van der Waals surface area contributed by atoms with E-state index >= 15 is 0 Å². The topological polar surface area (TPSA) is 53.9 Å². The Morgan fingerprint density at radius 1 is 1.25 bits per heavy atom. The summed E-state index contributed by atoms with van der Waals surface area (Å²) in [4.78, 5) is 6.90. The fourth-order valence-corrected chi connectivity index (χ4v) is 3.18. The molecule has 1 saturated heterocycles. The number of nitrogens with zero attached hydrogens (tertiary/aromatic N) is 4. The number of anilines is 2. The van der Waals surface area contributed by atoms with Crippen molar-refractivity contribution in [3.63, 3.8) is 0 Å². The van der Waals surface area contributed by atoms with E-state index in [0.29, 0.717) is 12.0 Å². The van der Waals surface area contributed by atoms with Crippen molar-refractivity contribution in [1.82, 2.24) is 15.2 Å². The van der Waals surface area contributed by atoms with E-state index in [2.05, 4.69) is 32.3 Å². The Labute approximate surface area is 142 Å². The van der Waals surface area contributed by atoms with Crippen LogP contribution in [0.3, 0.4) is 0 Å². The zero-order chi connectivity index (χ0) is 16.8. The first-order chi connectivity index (χ1) is 11.8. The summed E-state index contributed by atoms with van der Waals surface area (Å²) in [7, 11) is 0. The van der Waals surface area contributed by atoms with E-state index in [1.807, 2.05) is 0 Å². The summed E-state index contributed by atoms with van der Waals surface area (Å²) in [6.45, 7) is 3.93. The molecule has 1 aliphatic rings. The van der Waals surface area contributed by atoms with Crippen molar-refractivity contribution >= 4 is 11.8 Å². The molecule has 1 unspecified atom stereocenters. The highest BCUT2D eigenvalue weighted by molar-refractivity contribution is 5.40. The quantitative estimate of drug-likeness (QED) is 0.880. The van der Waals surface area contributed by atoms with E-state index < -0.39 is 0 Å². The smallest absolute Gasteiger partial charge is 0.247 e. The molecule has 1 aromatic carbocycles. The highest BCUT2D eigenvalue weighted by atomic mass is 19.1. The summed E-state index contributed by atoms with van der Waals surface area (Å²) in [6, 6.07) is 7.09. The minimum Gasteiger partial charge on any atom is -0.368 e. The molecule has 0 radical (unpaired) electrons. The lowest BCUT2D eigenvalue weighted by molar-refractivity contribution is 0.442. The third-order valence-corrected chi connectivity index (χ3v) is 4.54. The summed E-state index contributed by atoms with van der Waals surface area (Å²) in [5.41, 5.74) is 1.09. The lowest BCUT2D eigenvalue weighted by Crippen LogP contribution is -2.40. The molecule has 1 fully saturated rings. The maximum atomic E-state index is 12.9. The van der Waals surface area contributed by atoms with Gasteiger partial charge in [-0.05, 0) is 49.8 Å². The Hall–Kier alpha value is -2.24. The molecule has 1 atom stereocenters. The number of hydrogen-bond acceptors (Lipinski definition) is 5. The van der Waals surface area contributed by atoms with Crippen LogP contribution in [0.15, 0.2) is 30.5 Å². The highest BCUT2D eigenvalue weighted by Crippen LogP contribution is 2.23. The number of halogens is 1. The van der Waals surface area contributed by atoms with Crippen LogP contribution in [0.4, 0.5) is 16.2 Å². The molecule has 0 bridgehead atoms. The standard InChI is InChI=1S/C18H24FN5/c1-2-16-5-3-4-12-24(16)18-22-17(13-21-23-18)20-11-10-14-6-8-15(19)9-7-14/h6-9,13,16H,2-5,10-12H2,1H3,(H,20,22,23). The lowest BCUT2D eigenvalue weighted by atomic mass is 10.0. The Morgan fingerprint density at radius 3 is 2.88 bits per heavy atom. The molecule has 128 valence electrons. The van der Waals surface area contributed by atoms with Gasteiger partial charge in [0.15, 0.2) is 5.82 Å². The SMILES string of the molecule is CCC1CCCCN1c1nncc(NCCc2ccc(F)cc2)n1. The number of benzene rings is 1. The molecule has 5 nitrogen and oxygen atoms in total. The normalized spacial score (nSPS) is 17.8. The molecule has 0 spiro atoms. The second-order valence-corrected chi connectivity index (χ2v) is 6.20. The zero-order valence-corrected chi connectivity index (χ0v) is 14.1. The predicted octanol–water partition coefficient (Wildman–Crippen LogP) is 3.43. The first-order valence-electron chi connectivity index (χ1n) is 8.71. The van der Waals surface area contributed by atoms with Crippen molar-refractivity contribution in [2.24, 2.45) is 0 Å². The van der Waals surface area contributed by atoms with Crippen LogP contribution in [0, 0.1) is 5.82 Å². The summed E-state index contributed by atoms with van der Waals surface area (Å²) in [5, 5.41) is 11.6. The number of nitrogens with one attached hydrogen (secondary N) is 1. The predicted molar refractivity (Wildman–Crippen MR) is 93.7 cm³/mol. The van der Waals surface area contributed by atoms with E-state index in [1.165, 1.54) is 31.4 Å². The number of hydrogen-bond donors (Lipinski definition) is 1. The first-order valence-corrected chi connectivity index (χ1v) is 8.71. The Bertz CT molecular complexity index is 646. The van der Waals surface area contributed by atoms with Crippen LogP contribution in [0.1, 0.15) is 38.2 Å². The summed E-state index contributed by atoms with van der Waals surface area (Å²) in [6.07, 6.45) is 7.22. The fraction of sp³-hybridized carbons (Fsp3) is 0.500. The van der Waals surface area contributed by atoms with Gasteiger partial charge in [0.25, 0.3) is 0 Å². The second kappa shape index (κ2) is 8.04. The molecule has 24 heavy (non-hydrogen) atoms. The van der Waals surface area contributed by atoms with Gasteiger partial charge in [-0.1, -0.05) is 19.1 Å². The molecular formula is C18H24FN5. The minimum atomic E-state index is -0.205. The number of rotatable bonds is 6. The Morgan fingerprint density at radius 2 is 2.08 bits per heavy atom. The van der Waals surface area contributed by atoms with Crippen LogP contribution < -0.4 is 10.2 Å². The highest BCUT2D eigenvalue weighted by Gasteiger charge is 2.23. The van der Waals surface area contributed by atoms with Crippen molar-refractivity contribution in [3.05, 3.63) is 41.8 Å². The minimum absolute atomic E-state index is 0.205. The molecule has 1 aromatic heterocycles. The largest absolute Gasteiger partial charge is 0.368 e. The third kappa shape index (κ3) is 4.19. The zero-order valence-electron chi connectivity index (χ0n) is 14.1. The Kier molecular flexibility index (Phi) is 5.56. The molecule has 6 heteroatoms. The van der Waals surface area contributed by atoms with Gasteiger partial charge in [0, 0.05) is 19.1 Å². The van der Waals surface area contributed by atoms with Gasteiger partial charge in [0.2, 0.25) is 5.95 Å². The summed E-state index contributed by atoms with van der Waals surface area (Å²) < 4.78 is 12.9. The van der Waals surface area contributed by atoms with Gasteiger partial charge in [-0.15, -0.1) is 5.10 Å². The van der Waals surface area contributed by atoms with Crippen molar-refractivity contribution in [3.8, 4) is 0 Å². The molecule has 0 aliphatic carbocycles.